The zero-order chi connectivity index (χ0) is 18.0. The molecule has 2 amide bonds. The van der Waals surface area contributed by atoms with Crippen molar-refractivity contribution in [3.63, 3.8) is 0 Å². The lowest BCUT2D eigenvalue weighted by molar-refractivity contribution is 0.262. The second-order valence-corrected chi connectivity index (χ2v) is 5.26. The molecule has 25 heavy (non-hydrogen) atoms. The van der Waals surface area contributed by atoms with Gasteiger partial charge in [0.25, 0.3) is 0 Å². The molecule has 7 nitrogen and oxygen atoms in total. The summed E-state index contributed by atoms with van der Waals surface area (Å²) in [6.45, 7) is 3.77. The molecule has 0 aliphatic rings. The maximum atomic E-state index is 13.5. The SMILES string of the molecule is Cc1ncn(-c2ncc(NC(=O)Nc3ccc(F)cc3F)cn2)c1C. The Hall–Kier alpha value is -3.36. The normalized spacial score (nSPS) is 10.6. The maximum Gasteiger partial charge on any atom is 0.323 e. The molecule has 0 spiro atoms. The van der Waals surface area contributed by atoms with Crippen molar-refractivity contribution >= 4 is 17.4 Å². The lowest BCUT2D eigenvalue weighted by Crippen LogP contribution is -2.20. The van der Waals surface area contributed by atoms with E-state index in [4.69, 9.17) is 0 Å². The Morgan fingerprint density at radius 3 is 2.40 bits per heavy atom. The summed E-state index contributed by atoms with van der Waals surface area (Å²) in [5.74, 6) is -1.18. The van der Waals surface area contributed by atoms with Gasteiger partial charge >= 0.3 is 6.03 Å². The summed E-state index contributed by atoms with van der Waals surface area (Å²) in [5, 5.41) is 4.75. The topological polar surface area (TPSA) is 84.7 Å². The Morgan fingerprint density at radius 1 is 1.08 bits per heavy atom. The molecular formula is C16H14F2N6O. The molecule has 2 heterocycles. The summed E-state index contributed by atoms with van der Waals surface area (Å²) in [5.41, 5.74) is 1.95. The number of benzene rings is 1. The van der Waals surface area contributed by atoms with Crippen molar-refractivity contribution in [3.8, 4) is 5.95 Å². The van der Waals surface area contributed by atoms with Gasteiger partial charge in [-0.3, -0.25) is 4.57 Å². The van der Waals surface area contributed by atoms with Gasteiger partial charge in [0.05, 0.1) is 29.5 Å². The number of hydrogen-bond donors (Lipinski definition) is 2. The van der Waals surface area contributed by atoms with E-state index in [1.54, 1.807) is 10.9 Å². The van der Waals surface area contributed by atoms with Crippen LogP contribution in [-0.4, -0.2) is 25.6 Å². The standard InChI is InChI=1S/C16H14F2N6O/c1-9-10(2)24(8-21-9)15-19-6-12(7-20-15)22-16(25)23-14-4-3-11(17)5-13(14)18/h3-8H,1-2H3,(H2,22,23,25). The van der Waals surface area contributed by atoms with Gasteiger partial charge in [-0.25, -0.2) is 28.5 Å². The molecule has 2 N–H and O–H groups in total. The Kier molecular flexibility index (Phi) is 4.38. The van der Waals surface area contributed by atoms with Crippen LogP contribution in [0.15, 0.2) is 36.9 Å². The number of halogens is 2. The van der Waals surface area contributed by atoms with Crippen LogP contribution in [0.4, 0.5) is 25.0 Å². The number of aryl methyl sites for hydroxylation is 1. The minimum atomic E-state index is -0.868. The fraction of sp³-hybridized carbons (Fsp3) is 0.125. The number of aromatic nitrogens is 4. The van der Waals surface area contributed by atoms with Gasteiger partial charge in [-0.15, -0.1) is 0 Å². The molecular weight excluding hydrogens is 330 g/mol. The Morgan fingerprint density at radius 2 is 1.80 bits per heavy atom. The van der Waals surface area contributed by atoms with Gasteiger partial charge in [-0.05, 0) is 26.0 Å². The molecule has 0 bridgehead atoms. The van der Waals surface area contributed by atoms with Crippen molar-refractivity contribution in [1.82, 2.24) is 19.5 Å². The molecule has 0 unspecified atom stereocenters. The number of amides is 2. The molecule has 3 rings (SSSR count). The first-order valence-corrected chi connectivity index (χ1v) is 7.30. The van der Waals surface area contributed by atoms with Crippen LogP contribution in [0.5, 0.6) is 0 Å². The number of nitrogens with one attached hydrogen (secondary N) is 2. The monoisotopic (exact) mass is 344 g/mol. The highest BCUT2D eigenvalue weighted by molar-refractivity contribution is 5.99. The van der Waals surface area contributed by atoms with E-state index in [2.05, 4.69) is 25.6 Å². The van der Waals surface area contributed by atoms with Crippen molar-refractivity contribution in [2.45, 2.75) is 13.8 Å². The molecule has 0 radical (unpaired) electrons. The van der Waals surface area contributed by atoms with Crippen LogP contribution in [0.3, 0.4) is 0 Å². The van der Waals surface area contributed by atoms with Gasteiger partial charge in [-0.1, -0.05) is 0 Å². The third-order valence-electron chi connectivity index (χ3n) is 3.54. The second kappa shape index (κ2) is 6.63. The predicted octanol–water partition coefficient (Wildman–Crippen LogP) is 3.20. The first-order chi connectivity index (χ1) is 11.9. The summed E-state index contributed by atoms with van der Waals surface area (Å²) in [4.78, 5) is 24.4. The van der Waals surface area contributed by atoms with Gasteiger partial charge in [0.15, 0.2) is 0 Å². The predicted molar refractivity (Wildman–Crippen MR) is 87.6 cm³/mol. The molecule has 0 aliphatic heterocycles. The highest BCUT2D eigenvalue weighted by Gasteiger charge is 2.10. The largest absolute Gasteiger partial charge is 0.323 e. The fourth-order valence-electron chi connectivity index (χ4n) is 2.09. The minimum absolute atomic E-state index is 0.138. The van der Waals surface area contributed by atoms with Crippen molar-refractivity contribution in [2.24, 2.45) is 0 Å². The molecule has 0 saturated heterocycles. The average molecular weight is 344 g/mol. The highest BCUT2D eigenvalue weighted by Crippen LogP contribution is 2.16. The number of hydrogen-bond acceptors (Lipinski definition) is 4. The Bertz CT molecular complexity index is 923. The van der Waals surface area contributed by atoms with Crippen LogP contribution in [0.2, 0.25) is 0 Å². The number of imidazole rings is 1. The maximum absolute atomic E-state index is 13.5. The van der Waals surface area contributed by atoms with E-state index in [9.17, 15) is 13.6 Å². The van der Waals surface area contributed by atoms with E-state index < -0.39 is 17.7 Å². The first-order valence-electron chi connectivity index (χ1n) is 7.30. The zero-order valence-electron chi connectivity index (χ0n) is 13.4. The van der Waals surface area contributed by atoms with Crippen molar-refractivity contribution < 1.29 is 13.6 Å². The summed E-state index contributed by atoms with van der Waals surface area (Å²) < 4.78 is 28.1. The van der Waals surface area contributed by atoms with Crippen molar-refractivity contribution in [2.75, 3.05) is 10.6 Å². The summed E-state index contributed by atoms with van der Waals surface area (Å²) in [6, 6.07) is 2.17. The number of carbonyl (C=O) groups excluding carboxylic acids is 1. The van der Waals surface area contributed by atoms with Gasteiger partial charge in [0.2, 0.25) is 5.95 Å². The summed E-state index contributed by atoms with van der Waals surface area (Å²) >= 11 is 0. The second-order valence-electron chi connectivity index (χ2n) is 5.26. The quantitative estimate of drug-likeness (QED) is 0.764. The Balaban J connectivity index is 1.69. The van der Waals surface area contributed by atoms with E-state index in [1.165, 1.54) is 12.4 Å². The van der Waals surface area contributed by atoms with E-state index in [0.717, 1.165) is 23.5 Å². The van der Waals surface area contributed by atoms with Crippen LogP contribution < -0.4 is 10.6 Å². The van der Waals surface area contributed by atoms with Crippen LogP contribution in [0, 0.1) is 25.5 Å². The van der Waals surface area contributed by atoms with Gasteiger partial charge in [0, 0.05) is 11.8 Å². The molecule has 2 aromatic heterocycles. The van der Waals surface area contributed by atoms with E-state index in [0.29, 0.717) is 17.7 Å². The van der Waals surface area contributed by atoms with Crippen LogP contribution in [0.1, 0.15) is 11.4 Å². The Labute approximate surface area is 141 Å². The molecule has 0 atom stereocenters. The number of rotatable bonds is 3. The number of urea groups is 1. The molecule has 1 aromatic carbocycles. The number of anilines is 2. The number of carbonyl (C=O) groups is 1. The molecule has 3 aromatic rings. The van der Waals surface area contributed by atoms with Gasteiger partial charge in [-0.2, -0.15) is 0 Å². The zero-order valence-corrected chi connectivity index (χ0v) is 13.4. The van der Waals surface area contributed by atoms with Gasteiger partial charge < -0.3 is 10.6 Å². The third kappa shape index (κ3) is 3.60. The highest BCUT2D eigenvalue weighted by atomic mass is 19.1. The molecule has 0 saturated carbocycles. The lowest BCUT2D eigenvalue weighted by Gasteiger charge is -2.09. The third-order valence-corrected chi connectivity index (χ3v) is 3.54. The summed E-state index contributed by atoms with van der Waals surface area (Å²) in [7, 11) is 0. The smallest absolute Gasteiger partial charge is 0.305 e. The number of nitrogens with zero attached hydrogens (tertiary/aromatic N) is 4. The molecule has 9 heteroatoms. The van der Waals surface area contributed by atoms with E-state index in [1.807, 2.05) is 13.8 Å². The van der Waals surface area contributed by atoms with E-state index >= 15 is 0 Å². The molecule has 0 aliphatic carbocycles. The van der Waals surface area contributed by atoms with Crippen LogP contribution in [0.25, 0.3) is 5.95 Å². The minimum Gasteiger partial charge on any atom is -0.305 e. The average Bonchev–Trinajstić information content (AvgIpc) is 2.90. The fourth-order valence-corrected chi connectivity index (χ4v) is 2.09. The summed E-state index contributed by atoms with van der Waals surface area (Å²) in [6.07, 6.45) is 4.44. The van der Waals surface area contributed by atoms with Crippen LogP contribution in [-0.2, 0) is 0 Å². The van der Waals surface area contributed by atoms with E-state index in [-0.39, 0.29) is 5.69 Å². The van der Waals surface area contributed by atoms with Crippen molar-refractivity contribution in [3.05, 3.63) is 59.9 Å². The lowest BCUT2D eigenvalue weighted by atomic mass is 10.3. The van der Waals surface area contributed by atoms with Crippen molar-refractivity contribution in [1.29, 1.82) is 0 Å². The molecule has 128 valence electrons. The molecule has 0 fully saturated rings. The van der Waals surface area contributed by atoms with Gasteiger partial charge in [0.1, 0.15) is 18.0 Å². The first kappa shape index (κ1) is 16.5. The van der Waals surface area contributed by atoms with Crippen LogP contribution >= 0.6 is 0 Å².